The summed E-state index contributed by atoms with van der Waals surface area (Å²) in [6.45, 7) is 12.7. The minimum Gasteiger partial charge on any atom is -0.339 e. The lowest BCUT2D eigenvalue weighted by Crippen LogP contribution is -2.40. The van der Waals surface area contributed by atoms with Crippen molar-refractivity contribution in [3.63, 3.8) is 0 Å². The maximum absolute atomic E-state index is 13.0. The van der Waals surface area contributed by atoms with Crippen LogP contribution in [0.2, 0.25) is 0 Å². The van der Waals surface area contributed by atoms with Gasteiger partial charge in [-0.3, -0.25) is 14.6 Å². The molecule has 2 aliphatic rings. The lowest BCUT2D eigenvalue weighted by Gasteiger charge is -2.39. The van der Waals surface area contributed by atoms with Crippen molar-refractivity contribution in [2.24, 2.45) is 10.8 Å². The van der Waals surface area contributed by atoms with Crippen LogP contribution < -0.4 is 0 Å². The molecule has 1 aromatic heterocycles. The lowest BCUT2D eigenvalue weighted by molar-refractivity contribution is -0.132. The quantitative estimate of drug-likeness (QED) is 0.751. The van der Waals surface area contributed by atoms with E-state index in [9.17, 15) is 9.59 Å². The number of carbonyl (C=O) groups is 2. The average molecular weight is 387 g/mol. The molecule has 2 bridgehead atoms. The van der Waals surface area contributed by atoms with Crippen LogP contribution in [0.25, 0.3) is 0 Å². The number of aryl methyl sites for hydroxylation is 1. The van der Waals surface area contributed by atoms with Gasteiger partial charge in [0.05, 0.1) is 11.9 Å². The van der Waals surface area contributed by atoms with Crippen LogP contribution in [-0.4, -0.2) is 57.3 Å². The summed E-state index contributed by atoms with van der Waals surface area (Å²) in [5.74, 6) is 0.0331. The zero-order valence-electron chi connectivity index (χ0n) is 18.0. The maximum atomic E-state index is 13.0. The van der Waals surface area contributed by atoms with Gasteiger partial charge in [0.1, 0.15) is 5.69 Å². The number of amides is 2. The first kappa shape index (κ1) is 20.7. The van der Waals surface area contributed by atoms with Crippen molar-refractivity contribution in [2.75, 3.05) is 19.6 Å². The molecule has 2 amide bonds. The summed E-state index contributed by atoms with van der Waals surface area (Å²) in [6.07, 6.45) is 7.70. The number of likely N-dealkylation sites (tertiary alicyclic amines) is 1. The summed E-state index contributed by atoms with van der Waals surface area (Å²) in [5.41, 5.74) is 1.66. The van der Waals surface area contributed by atoms with Gasteiger partial charge in [0.2, 0.25) is 5.91 Å². The third kappa shape index (κ3) is 4.53. The fraction of sp³-hybridized carbons (Fsp3) is 0.727. The highest BCUT2D eigenvalue weighted by Crippen LogP contribution is 2.52. The number of aromatic nitrogens is 2. The highest BCUT2D eigenvalue weighted by atomic mass is 16.2. The van der Waals surface area contributed by atoms with Crippen LogP contribution >= 0.6 is 0 Å². The molecule has 6 nitrogen and oxygen atoms in total. The zero-order chi connectivity index (χ0) is 20.5. The number of nitrogens with zero attached hydrogens (tertiary/aromatic N) is 4. The minimum atomic E-state index is -0.143. The lowest BCUT2D eigenvalue weighted by atomic mass is 9.65. The number of rotatable bonds is 6. The maximum Gasteiger partial charge on any atom is 0.274 e. The Hall–Kier alpha value is -1.98. The topological polar surface area (TPSA) is 66.4 Å². The van der Waals surface area contributed by atoms with Gasteiger partial charge in [0.15, 0.2) is 0 Å². The second kappa shape index (κ2) is 7.80. The van der Waals surface area contributed by atoms with Crippen molar-refractivity contribution in [1.82, 2.24) is 19.8 Å². The normalized spacial score (nSPS) is 25.6. The Bertz CT molecular complexity index is 731. The predicted molar refractivity (Wildman–Crippen MR) is 109 cm³/mol. The monoisotopic (exact) mass is 386 g/mol. The Morgan fingerprint density at radius 2 is 1.93 bits per heavy atom. The predicted octanol–water partition coefficient (Wildman–Crippen LogP) is 3.45. The molecule has 1 aromatic rings. The summed E-state index contributed by atoms with van der Waals surface area (Å²) in [6, 6.07) is 0.347. The SMILES string of the molecule is CCCN(CCC(=O)N1C[C@]2(C)C[C@H]1CC(C)(C)C2)C(=O)c1cnc(C)cn1. The molecule has 28 heavy (non-hydrogen) atoms. The second-order valence-electron chi connectivity index (χ2n) is 9.82. The number of carbonyl (C=O) groups excluding carboxylic acids is 2. The first-order chi connectivity index (χ1) is 13.1. The van der Waals surface area contributed by atoms with Crippen LogP contribution in [0.15, 0.2) is 12.4 Å². The van der Waals surface area contributed by atoms with E-state index in [1.165, 1.54) is 12.6 Å². The smallest absolute Gasteiger partial charge is 0.274 e. The second-order valence-corrected chi connectivity index (χ2v) is 9.82. The van der Waals surface area contributed by atoms with Gasteiger partial charge in [-0.05, 0) is 43.4 Å². The van der Waals surface area contributed by atoms with Gasteiger partial charge in [-0.1, -0.05) is 27.7 Å². The molecule has 1 saturated heterocycles. The summed E-state index contributed by atoms with van der Waals surface area (Å²) >= 11 is 0. The van der Waals surface area contributed by atoms with Gasteiger partial charge in [0, 0.05) is 38.3 Å². The van der Waals surface area contributed by atoms with E-state index in [4.69, 9.17) is 0 Å². The summed E-state index contributed by atoms with van der Waals surface area (Å²) in [4.78, 5) is 38.0. The molecule has 1 saturated carbocycles. The van der Waals surface area contributed by atoms with E-state index < -0.39 is 0 Å². The Balaban J connectivity index is 1.63. The molecule has 2 fully saturated rings. The fourth-order valence-electron chi connectivity index (χ4n) is 5.38. The summed E-state index contributed by atoms with van der Waals surface area (Å²) in [7, 11) is 0. The summed E-state index contributed by atoms with van der Waals surface area (Å²) in [5, 5.41) is 0. The Morgan fingerprint density at radius 3 is 2.57 bits per heavy atom. The molecule has 3 rings (SSSR count). The van der Waals surface area contributed by atoms with Crippen molar-refractivity contribution in [2.45, 2.75) is 72.8 Å². The third-order valence-corrected chi connectivity index (χ3v) is 6.11. The van der Waals surface area contributed by atoms with Crippen molar-refractivity contribution in [1.29, 1.82) is 0 Å². The van der Waals surface area contributed by atoms with E-state index in [1.807, 2.05) is 13.8 Å². The van der Waals surface area contributed by atoms with Crippen molar-refractivity contribution in [3.8, 4) is 0 Å². The van der Waals surface area contributed by atoms with Gasteiger partial charge in [0.25, 0.3) is 5.91 Å². The molecule has 2 heterocycles. The molecule has 0 radical (unpaired) electrons. The molecule has 1 aliphatic heterocycles. The van der Waals surface area contributed by atoms with Crippen LogP contribution in [0.3, 0.4) is 0 Å². The highest BCUT2D eigenvalue weighted by molar-refractivity contribution is 5.92. The molecular weight excluding hydrogens is 352 g/mol. The van der Waals surface area contributed by atoms with E-state index in [1.54, 1.807) is 11.1 Å². The Kier molecular flexibility index (Phi) is 5.78. The number of hydrogen-bond acceptors (Lipinski definition) is 4. The Morgan fingerprint density at radius 1 is 1.18 bits per heavy atom. The molecule has 0 aromatic carbocycles. The van der Waals surface area contributed by atoms with Gasteiger partial charge in [-0.15, -0.1) is 0 Å². The van der Waals surface area contributed by atoms with Crippen molar-refractivity contribution in [3.05, 3.63) is 23.8 Å². The number of hydrogen-bond donors (Lipinski definition) is 0. The molecule has 6 heteroatoms. The fourth-order valence-corrected chi connectivity index (χ4v) is 5.38. The molecule has 0 unspecified atom stereocenters. The third-order valence-electron chi connectivity index (χ3n) is 6.11. The van der Waals surface area contributed by atoms with E-state index in [-0.39, 0.29) is 17.2 Å². The van der Waals surface area contributed by atoms with E-state index >= 15 is 0 Å². The Labute approximate surface area is 168 Å². The molecule has 154 valence electrons. The van der Waals surface area contributed by atoms with Crippen molar-refractivity contribution < 1.29 is 9.59 Å². The van der Waals surface area contributed by atoms with Crippen LogP contribution in [0.1, 0.15) is 76.0 Å². The van der Waals surface area contributed by atoms with Gasteiger partial charge < -0.3 is 9.80 Å². The van der Waals surface area contributed by atoms with Crippen molar-refractivity contribution >= 4 is 11.8 Å². The van der Waals surface area contributed by atoms with Crippen LogP contribution in [0, 0.1) is 17.8 Å². The van der Waals surface area contributed by atoms with E-state index in [0.717, 1.165) is 31.5 Å². The molecule has 0 spiro atoms. The van der Waals surface area contributed by atoms with Crippen LogP contribution in [-0.2, 0) is 4.79 Å². The first-order valence-corrected chi connectivity index (χ1v) is 10.5. The minimum absolute atomic E-state index is 0.143. The van der Waals surface area contributed by atoms with E-state index in [0.29, 0.717) is 36.7 Å². The molecule has 0 N–H and O–H groups in total. The van der Waals surface area contributed by atoms with Crippen LogP contribution in [0.5, 0.6) is 0 Å². The van der Waals surface area contributed by atoms with Crippen LogP contribution in [0.4, 0.5) is 0 Å². The average Bonchev–Trinajstić information content (AvgIpc) is 2.87. The number of fused-ring (bicyclic) bond motifs is 2. The molecule has 1 aliphatic carbocycles. The highest BCUT2D eigenvalue weighted by Gasteiger charge is 2.50. The molecule has 2 atom stereocenters. The standard InChI is InChI=1S/C22H34N4O2/c1-6-8-25(20(28)18-13-23-16(2)12-24-18)9-7-19(27)26-15-22(5)11-17(26)10-21(3,4)14-22/h12-13,17H,6-11,14-15H2,1-5H3/t17-,22-/m1/s1. The van der Waals surface area contributed by atoms with Gasteiger partial charge in [-0.25, -0.2) is 4.98 Å². The van der Waals surface area contributed by atoms with E-state index in [2.05, 4.69) is 35.6 Å². The zero-order valence-corrected chi connectivity index (χ0v) is 18.0. The summed E-state index contributed by atoms with van der Waals surface area (Å²) < 4.78 is 0. The van der Waals surface area contributed by atoms with Gasteiger partial charge >= 0.3 is 0 Å². The molecular formula is C22H34N4O2. The largest absolute Gasteiger partial charge is 0.339 e. The first-order valence-electron chi connectivity index (χ1n) is 10.5. The van der Waals surface area contributed by atoms with Gasteiger partial charge in [-0.2, -0.15) is 0 Å².